The number of hydrogen-bond acceptors (Lipinski definition) is 0. The normalized spacial score (nSPS) is 42.6. The molecule has 1 fully saturated rings. The van der Waals surface area contributed by atoms with Crippen molar-refractivity contribution in [1.29, 1.82) is 0 Å². The molecule has 0 aromatic heterocycles. The van der Waals surface area contributed by atoms with Gasteiger partial charge in [0.1, 0.15) is 6.17 Å². The fourth-order valence-corrected chi connectivity index (χ4v) is 2.33. The Bertz CT molecular complexity index is 203. The van der Waals surface area contributed by atoms with E-state index >= 15 is 0 Å². The lowest BCUT2D eigenvalue weighted by Gasteiger charge is -2.30. The highest BCUT2D eigenvalue weighted by Gasteiger charge is 2.41. The minimum atomic E-state index is -0.567. The summed E-state index contributed by atoms with van der Waals surface area (Å²) in [7, 11) is 0. The topological polar surface area (TPSA) is 0 Å². The molecule has 0 spiro atoms. The van der Waals surface area contributed by atoms with Crippen molar-refractivity contribution < 1.29 is 4.39 Å². The standard InChI is InChI=1S/C11H17F/c1-7-3-4-8(2)11(12)10(7)9-5-6-9/h3,8-11H,4-6H2,1-2H3. The van der Waals surface area contributed by atoms with Crippen molar-refractivity contribution in [2.24, 2.45) is 17.8 Å². The monoisotopic (exact) mass is 168 g/mol. The summed E-state index contributed by atoms with van der Waals surface area (Å²) in [6, 6.07) is 0. The first kappa shape index (κ1) is 8.28. The summed E-state index contributed by atoms with van der Waals surface area (Å²) >= 11 is 0. The van der Waals surface area contributed by atoms with Crippen LogP contribution in [0.3, 0.4) is 0 Å². The summed E-state index contributed by atoms with van der Waals surface area (Å²) in [5, 5.41) is 0. The average Bonchev–Trinajstić information content (AvgIpc) is 2.81. The highest BCUT2D eigenvalue weighted by molar-refractivity contribution is 5.15. The Morgan fingerprint density at radius 1 is 1.42 bits per heavy atom. The van der Waals surface area contributed by atoms with Crippen LogP contribution in [0.2, 0.25) is 0 Å². The van der Waals surface area contributed by atoms with E-state index in [1.54, 1.807) is 0 Å². The zero-order valence-corrected chi connectivity index (χ0v) is 7.89. The molecule has 0 radical (unpaired) electrons. The van der Waals surface area contributed by atoms with Crippen LogP contribution < -0.4 is 0 Å². The smallest absolute Gasteiger partial charge is 0.110 e. The largest absolute Gasteiger partial charge is 0.247 e. The molecule has 0 N–H and O–H groups in total. The van der Waals surface area contributed by atoms with Crippen LogP contribution in [-0.2, 0) is 0 Å². The van der Waals surface area contributed by atoms with Crippen LogP contribution in [0.1, 0.15) is 33.1 Å². The Labute approximate surface area is 73.9 Å². The molecule has 0 heterocycles. The van der Waals surface area contributed by atoms with E-state index in [0.29, 0.717) is 5.92 Å². The molecular weight excluding hydrogens is 151 g/mol. The third-order valence-electron chi connectivity index (χ3n) is 3.35. The molecule has 0 saturated heterocycles. The van der Waals surface area contributed by atoms with Crippen molar-refractivity contribution in [3.8, 4) is 0 Å². The van der Waals surface area contributed by atoms with Gasteiger partial charge < -0.3 is 0 Å². The molecule has 2 rings (SSSR count). The highest BCUT2D eigenvalue weighted by Crippen LogP contribution is 2.47. The Kier molecular flexibility index (Phi) is 1.97. The molecule has 3 unspecified atom stereocenters. The number of alkyl halides is 1. The molecule has 1 saturated carbocycles. The molecule has 2 aliphatic rings. The second kappa shape index (κ2) is 2.86. The van der Waals surface area contributed by atoms with Gasteiger partial charge in [0, 0.05) is 5.92 Å². The summed E-state index contributed by atoms with van der Waals surface area (Å²) in [5.74, 6) is 1.20. The van der Waals surface area contributed by atoms with Crippen LogP contribution >= 0.6 is 0 Å². The molecular formula is C11H17F. The van der Waals surface area contributed by atoms with Gasteiger partial charge in [-0.05, 0) is 38.0 Å². The van der Waals surface area contributed by atoms with Crippen molar-refractivity contribution >= 4 is 0 Å². The van der Waals surface area contributed by atoms with E-state index in [1.165, 1.54) is 18.4 Å². The average molecular weight is 168 g/mol. The lowest BCUT2D eigenvalue weighted by Crippen LogP contribution is -2.29. The van der Waals surface area contributed by atoms with Crippen molar-refractivity contribution in [1.82, 2.24) is 0 Å². The Morgan fingerprint density at radius 2 is 2.08 bits per heavy atom. The van der Waals surface area contributed by atoms with E-state index in [1.807, 2.05) is 6.92 Å². The minimum absolute atomic E-state index is 0.249. The molecule has 0 amide bonds. The molecule has 12 heavy (non-hydrogen) atoms. The van der Waals surface area contributed by atoms with Crippen LogP contribution in [-0.4, -0.2) is 6.17 Å². The van der Waals surface area contributed by atoms with Gasteiger partial charge in [-0.25, -0.2) is 4.39 Å². The van der Waals surface area contributed by atoms with Crippen LogP contribution in [0.5, 0.6) is 0 Å². The maximum atomic E-state index is 13.7. The third-order valence-corrected chi connectivity index (χ3v) is 3.35. The SMILES string of the molecule is CC1=CCC(C)C(F)C1C1CC1. The summed E-state index contributed by atoms with van der Waals surface area (Å²) in [6.07, 6.45) is 5.12. The summed E-state index contributed by atoms with van der Waals surface area (Å²) in [6.45, 7) is 4.13. The molecule has 0 aromatic carbocycles. The van der Waals surface area contributed by atoms with Crippen molar-refractivity contribution in [2.45, 2.75) is 39.3 Å². The lowest BCUT2D eigenvalue weighted by atomic mass is 9.78. The fourth-order valence-electron chi connectivity index (χ4n) is 2.33. The van der Waals surface area contributed by atoms with Crippen molar-refractivity contribution in [3.05, 3.63) is 11.6 Å². The Hall–Kier alpha value is -0.330. The van der Waals surface area contributed by atoms with Gasteiger partial charge in [0.2, 0.25) is 0 Å². The van der Waals surface area contributed by atoms with Gasteiger partial charge in [-0.1, -0.05) is 18.6 Å². The lowest BCUT2D eigenvalue weighted by molar-refractivity contribution is 0.154. The van der Waals surface area contributed by atoms with E-state index < -0.39 is 6.17 Å². The van der Waals surface area contributed by atoms with Gasteiger partial charge in [-0.15, -0.1) is 0 Å². The zero-order valence-electron chi connectivity index (χ0n) is 7.89. The quantitative estimate of drug-likeness (QED) is 0.527. The van der Waals surface area contributed by atoms with E-state index in [4.69, 9.17) is 0 Å². The maximum Gasteiger partial charge on any atom is 0.110 e. The molecule has 1 heteroatoms. The second-order valence-electron chi connectivity index (χ2n) is 4.47. The summed E-state index contributed by atoms with van der Waals surface area (Å²) in [5.41, 5.74) is 1.31. The number of halogens is 1. The summed E-state index contributed by atoms with van der Waals surface area (Å²) in [4.78, 5) is 0. The predicted molar refractivity (Wildman–Crippen MR) is 48.6 cm³/mol. The molecule has 0 aromatic rings. The van der Waals surface area contributed by atoms with E-state index in [0.717, 1.165) is 6.42 Å². The third kappa shape index (κ3) is 1.30. The molecule has 3 atom stereocenters. The highest BCUT2D eigenvalue weighted by atomic mass is 19.1. The first-order chi connectivity index (χ1) is 5.70. The van der Waals surface area contributed by atoms with Gasteiger partial charge in [0.15, 0.2) is 0 Å². The van der Waals surface area contributed by atoms with Gasteiger partial charge in [0.25, 0.3) is 0 Å². The second-order valence-corrected chi connectivity index (χ2v) is 4.47. The number of rotatable bonds is 1. The first-order valence-corrected chi connectivity index (χ1v) is 5.01. The summed E-state index contributed by atoms with van der Waals surface area (Å²) < 4.78 is 13.7. The molecule has 2 aliphatic carbocycles. The van der Waals surface area contributed by atoms with Gasteiger partial charge in [-0.2, -0.15) is 0 Å². The predicted octanol–water partition coefficient (Wildman–Crippen LogP) is 3.34. The number of hydrogen-bond donors (Lipinski definition) is 0. The zero-order chi connectivity index (χ0) is 8.72. The van der Waals surface area contributed by atoms with Crippen LogP contribution in [0.15, 0.2) is 11.6 Å². The molecule has 0 nitrogen and oxygen atoms in total. The maximum absolute atomic E-state index is 13.7. The molecule has 68 valence electrons. The van der Waals surface area contributed by atoms with Crippen molar-refractivity contribution in [3.63, 3.8) is 0 Å². The molecule has 0 aliphatic heterocycles. The Balaban J connectivity index is 2.15. The van der Waals surface area contributed by atoms with Crippen molar-refractivity contribution in [2.75, 3.05) is 0 Å². The van der Waals surface area contributed by atoms with E-state index in [9.17, 15) is 4.39 Å². The van der Waals surface area contributed by atoms with Gasteiger partial charge in [0.05, 0.1) is 0 Å². The van der Waals surface area contributed by atoms with Crippen LogP contribution in [0, 0.1) is 17.8 Å². The number of allylic oxidation sites excluding steroid dienone is 2. The van der Waals surface area contributed by atoms with Gasteiger partial charge in [-0.3, -0.25) is 0 Å². The van der Waals surface area contributed by atoms with E-state index in [-0.39, 0.29) is 11.8 Å². The molecule has 0 bridgehead atoms. The first-order valence-electron chi connectivity index (χ1n) is 5.01. The van der Waals surface area contributed by atoms with Gasteiger partial charge >= 0.3 is 0 Å². The van der Waals surface area contributed by atoms with Crippen LogP contribution in [0.25, 0.3) is 0 Å². The van der Waals surface area contributed by atoms with E-state index in [2.05, 4.69) is 13.0 Å². The Morgan fingerprint density at radius 3 is 2.67 bits per heavy atom. The van der Waals surface area contributed by atoms with Crippen LogP contribution in [0.4, 0.5) is 4.39 Å². The fraction of sp³-hybridized carbons (Fsp3) is 0.818. The minimum Gasteiger partial charge on any atom is -0.247 e.